The first-order chi connectivity index (χ1) is 7.79. The number of hydrogen-bond acceptors (Lipinski definition) is 2. The van der Waals surface area contributed by atoms with Crippen LogP contribution in [0.2, 0.25) is 5.02 Å². The Morgan fingerprint density at radius 1 is 1.25 bits per heavy atom. The highest BCUT2D eigenvalue weighted by molar-refractivity contribution is 6.30. The van der Waals surface area contributed by atoms with E-state index in [1.54, 1.807) is 12.5 Å². The van der Waals surface area contributed by atoms with Crippen LogP contribution >= 0.6 is 11.6 Å². The number of benzene rings is 1. The highest BCUT2D eigenvalue weighted by Gasteiger charge is 2.10. The largest absolute Gasteiger partial charge is 0.472 e. The Bertz CT molecular complexity index is 422. The SMILES string of the molecule is CNC(Cc1ccoc1)c1ccc(Cl)cc1. The van der Waals surface area contributed by atoms with Crippen LogP contribution in [0.15, 0.2) is 47.3 Å². The molecule has 0 amide bonds. The maximum absolute atomic E-state index is 5.87. The van der Waals surface area contributed by atoms with Crippen LogP contribution in [-0.4, -0.2) is 7.05 Å². The molecule has 2 nitrogen and oxygen atoms in total. The van der Waals surface area contributed by atoms with E-state index in [1.165, 1.54) is 11.1 Å². The van der Waals surface area contributed by atoms with Crippen molar-refractivity contribution in [3.63, 3.8) is 0 Å². The molecule has 2 aromatic rings. The Balaban J connectivity index is 2.13. The standard InChI is InChI=1S/C13H14ClNO/c1-15-13(8-10-6-7-16-9-10)11-2-4-12(14)5-3-11/h2-7,9,13,15H,8H2,1H3. The van der Waals surface area contributed by atoms with Crippen molar-refractivity contribution < 1.29 is 4.42 Å². The third kappa shape index (κ3) is 2.65. The molecule has 0 aliphatic rings. The average Bonchev–Trinajstić information content (AvgIpc) is 2.80. The minimum absolute atomic E-state index is 0.287. The molecule has 2 rings (SSSR count). The van der Waals surface area contributed by atoms with Gasteiger partial charge < -0.3 is 9.73 Å². The summed E-state index contributed by atoms with van der Waals surface area (Å²) in [5, 5.41) is 4.06. The second-order valence-electron chi connectivity index (χ2n) is 3.73. The summed E-state index contributed by atoms with van der Waals surface area (Å²) in [6.07, 6.45) is 4.39. The third-order valence-corrected chi connectivity index (χ3v) is 2.89. The Hall–Kier alpha value is -1.25. The van der Waals surface area contributed by atoms with Crippen molar-refractivity contribution in [2.75, 3.05) is 7.05 Å². The first-order valence-corrected chi connectivity index (χ1v) is 5.61. The van der Waals surface area contributed by atoms with Crippen molar-refractivity contribution >= 4 is 11.6 Å². The van der Waals surface area contributed by atoms with Gasteiger partial charge in [0, 0.05) is 11.1 Å². The van der Waals surface area contributed by atoms with Crippen molar-refractivity contribution in [3.8, 4) is 0 Å². The molecule has 0 saturated heterocycles. The summed E-state index contributed by atoms with van der Waals surface area (Å²) in [6.45, 7) is 0. The van der Waals surface area contributed by atoms with E-state index < -0.39 is 0 Å². The maximum atomic E-state index is 5.87. The molecule has 0 spiro atoms. The van der Waals surface area contributed by atoms with Crippen molar-refractivity contribution in [1.29, 1.82) is 0 Å². The van der Waals surface area contributed by atoms with E-state index in [4.69, 9.17) is 16.0 Å². The van der Waals surface area contributed by atoms with Crippen LogP contribution in [0.25, 0.3) is 0 Å². The van der Waals surface area contributed by atoms with Crippen molar-refractivity contribution in [2.24, 2.45) is 0 Å². The van der Waals surface area contributed by atoms with Crippen LogP contribution < -0.4 is 5.32 Å². The molecule has 3 heteroatoms. The quantitative estimate of drug-likeness (QED) is 0.878. The minimum atomic E-state index is 0.287. The van der Waals surface area contributed by atoms with E-state index in [9.17, 15) is 0 Å². The van der Waals surface area contributed by atoms with Crippen molar-refractivity contribution in [3.05, 3.63) is 59.0 Å². The molecular weight excluding hydrogens is 222 g/mol. The Kier molecular flexibility index (Phi) is 3.65. The molecule has 1 N–H and O–H groups in total. The molecule has 84 valence electrons. The van der Waals surface area contributed by atoms with Crippen LogP contribution in [0.4, 0.5) is 0 Å². The Morgan fingerprint density at radius 2 is 2.00 bits per heavy atom. The van der Waals surface area contributed by atoms with Gasteiger partial charge in [-0.2, -0.15) is 0 Å². The summed E-state index contributed by atoms with van der Waals surface area (Å²) < 4.78 is 5.07. The lowest BCUT2D eigenvalue weighted by molar-refractivity contribution is 0.551. The lowest BCUT2D eigenvalue weighted by Gasteiger charge is -2.15. The summed E-state index contributed by atoms with van der Waals surface area (Å²) in [4.78, 5) is 0. The number of hydrogen-bond donors (Lipinski definition) is 1. The van der Waals surface area contributed by atoms with Crippen LogP contribution in [0.5, 0.6) is 0 Å². The van der Waals surface area contributed by atoms with E-state index in [-0.39, 0.29) is 6.04 Å². The van der Waals surface area contributed by atoms with Gasteiger partial charge in [0.25, 0.3) is 0 Å². The van der Waals surface area contributed by atoms with E-state index in [0.717, 1.165) is 11.4 Å². The minimum Gasteiger partial charge on any atom is -0.472 e. The van der Waals surface area contributed by atoms with Gasteiger partial charge in [-0.1, -0.05) is 23.7 Å². The summed E-state index contributed by atoms with van der Waals surface area (Å²) >= 11 is 5.87. The zero-order chi connectivity index (χ0) is 11.4. The van der Waals surface area contributed by atoms with Crippen LogP contribution in [0.3, 0.4) is 0 Å². The van der Waals surface area contributed by atoms with Gasteiger partial charge in [0.05, 0.1) is 12.5 Å². The molecule has 0 fully saturated rings. The van der Waals surface area contributed by atoms with E-state index in [0.29, 0.717) is 0 Å². The molecular formula is C13H14ClNO. The lowest BCUT2D eigenvalue weighted by atomic mass is 10.0. The van der Waals surface area contributed by atoms with Gasteiger partial charge in [0.1, 0.15) is 0 Å². The summed E-state index contributed by atoms with van der Waals surface area (Å²) in [5.74, 6) is 0. The summed E-state index contributed by atoms with van der Waals surface area (Å²) in [6, 6.07) is 10.2. The number of furan rings is 1. The highest BCUT2D eigenvalue weighted by Crippen LogP contribution is 2.20. The van der Waals surface area contributed by atoms with Gasteiger partial charge in [0.2, 0.25) is 0 Å². The van der Waals surface area contributed by atoms with Gasteiger partial charge >= 0.3 is 0 Å². The smallest absolute Gasteiger partial charge is 0.0935 e. The second kappa shape index (κ2) is 5.19. The molecule has 16 heavy (non-hydrogen) atoms. The average molecular weight is 236 g/mol. The topological polar surface area (TPSA) is 25.2 Å². The molecule has 1 unspecified atom stereocenters. The monoisotopic (exact) mass is 235 g/mol. The lowest BCUT2D eigenvalue weighted by Crippen LogP contribution is -2.18. The number of likely N-dealkylation sites (N-methyl/N-ethyl adjacent to an activating group) is 1. The van der Waals surface area contributed by atoms with Crippen LogP contribution in [-0.2, 0) is 6.42 Å². The zero-order valence-electron chi connectivity index (χ0n) is 9.11. The van der Waals surface area contributed by atoms with Gasteiger partial charge in [-0.05, 0) is 42.8 Å². The van der Waals surface area contributed by atoms with E-state index in [1.807, 2.05) is 37.4 Å². The number of halogens is 1. The van der Waals surface area contributed by atoms with Gasteiger partial charge in [0.15, 0.2) is 0 Å². The molecule has 0 bridgehead atoms. The first kappa shape index (κ1) is 11.2. The first-order valence-electron chi connectivity index (χ1n) is 5.23. The van der Waals surface area contributed by atoms with Crippen LogP contribution in [0, 0.1) is 0 Å². The molecule has 0 saturated carbocycles. The highest BCUT2D eigenvalue weighted by atomic mass is 35.5. The number of nitrogens with one attached hydrogen (secondary N) is 1. The maximum Gasteiger partial charge on any atom is 0.0935 e. The van der Waals surface area contributed by atoms with Crippen LogP contribution in [0.1, 0.15) is 17.2 Å². The number of rotatable bonds is 4. The molecule has 0 aliphatic carbocycles. The predicted molar refractivity (Wildman–Crippen MR) is 65.7 cm³/mol. The van der Waals surface area contributed by atoms with E-state index >= 15 is 0 Å². The molecule has 1 atom stereocenters. The fraction of sp³-hybridized carbons (Fsp3) is 0.231. The fourth-order valence-electron chi connectivity index (χ4n) is 1.73. The Labute approximate surface area is 100 Å². The van der Waals surface area contributed by atoms with Gasteiger partial charge in [-0.15, -0.1) is 0 Å². The summed E-state index contributed by atoms with van der Waals surface area (Å²) in [7, 11) is 1.96. The molecule has 1 heterocycles. The normalized spacial score (nSPS) is 12.6. The zero-order valence-corrected chi connectivity index (χ0v) is 9.87. The summed E-state index contributed by atoms with van der Waals surface area (Å²) in [5.41, 5.74) is 2.42. The van der Waals surface area contributed by atoms with Crippen molar-refractivity contribution in [1.82, 2.24) is 5.32 Å². The third-order valence-electron chi connectivity index (χ3n) is 2.64. The molecule has 1 aromatic carbocycles. The van der Waals surface area contributed by atoms with Gasteiger partial charge in [-0.25, -0.2) is 0 Å². The fourth-order valence-corrected chi connectivity index (χ4v) is 1.85. The predicted octanol–water partition coefficient (Wildman–Crippen LogP) is 3.44. The molecule has 0 radical (unpaired) electrons. The van der Waals surface area contributed by atoms with E-state index in [2.05, 4.69) is 5.32 Å². The molecule has 1 aromatic heterocycles. The van der Waals surface area contributed by atoms with Crippen molar-refractivity contribution in [2.45, 2.75) is 12.5 Å². The Morgan fingerprint density at radius 3 is 2.56 bits per heavy atom. The van der Waals surface area contributed by atoms with Gasteiger partial charge in [-0.3, -0.25) is 0 Å². The second-order valence-corrected chi connectivity index (χ2v) is 4.16. The molecule has 0 aliphatic heterocycles.